The van der Waals surface area contributed by atoms with E-state index in [0.29, 0.717) is 41.7 Å². The van der Waals surface area contributed by atoms with Crippen molar-refractivity contribution in [3.63, 3.8) is 0 Å². The first-order chi connectivity index (χ1) is 12.0. The van der Waals surface area contributed by atoms with Crippen LogP contribution in [0, 0.1) is 0 Å². The summed E-state index contributed by atoms with van der Waals surface area (Å²) in [6, 6.07) is 0. The molecule has 0 radical (unpaired) electrons. The minimum absolute atomic E-state index is 0.183. The molecule has 0 N–H and O–H groups in total. The molecule has 0 spiro atoms. The Bertz CT molecular complexity index is 895. The second-order valence-corrected chi connectivity index (χ2v) is 7.39. The molecule has 3 heterocycles. The highest BCUT2D eigenvalue weighted by Gasteiger charge is 2.19. The van der Waals surface area contributed by atoms with Gasteiger partial charge in [-0.25, -0.2) is 4.79 Å². The van der Waals surface area contributed by atoms with E-state index in [-0.39, 0.29) is 18.5 Å². The van der Waals surface area contributed by atoms with E-state index in [2.05, 4.69) is 0 Å². The molecule has 1 aliphatic rings. The maximum atomic E-state index is 12.7. The van der Waals surface area contributed by atoms with Crippen LogP contribution < -0.4 is 16.0 Å². The molecule has 0 amide bonds. The molecule has 7 nitrogen and oxygen atoms in total. The van der Waals surface area contributed by atoms with Crippen LogP contribution in [0.25, 0.3) is 10.2 Å². The number of rotatable bonds is 6. The van der Waals surface area contributed by atoms with Crippen LogP contribution in [-0.2, 0) is 23.1 Å². The van der Waals surface area contributed by atoms with Crippen molar-refractivity contribution in [1.29, 1.82) is 0 Å². The minimum Gasteiger partial charge on any atom is -0.353 e. The van der Waals surface area contributed by atoms with Crippen LogP contribution in [0.4, 0.5) is 0 Å². The number of carbonyl (C=O) groups excluding carboxylic acids is 1. The normalized spacial score (nSPS) is 17.9. The summed E-state index contributed by atoms with van der Waals surface area (Å²) in [4.78, 5) is 37.1. The second-order valence-electron chi connectivity index (χ2n) is 6.19. The van der Waals surface area contributed by atoms with Crippen LogP contribution in [-0.4, -0.2) is 42.8 Å². The van der Waals surface area contributed by atoms with Crippen LogP contribution in [0.15, 0.2) is 9.59 Å². The van der Waals surface area contributed by atoms with E-state index in [9.17, 15) is 14.4 Å². The summed E-state index contributed by atoms with van der Waals surface area (Å²) >= 11 is 1.29. The van der Waals surface area contributed by atoms with E-state index >= 15 is 0 Å². The van der Waals surface area contributed by atoms with Crippen molar-refractivity contribution in [2.45, 2.75) is 38.5 Å². The maximum Gasteiger partial charge on any atom is 0.331 e. The largest absolute Gasteiger partial charge is 0.353 e. The predicted molar refractivity (Wildman–Crippen MR) is 99.1 cm³/mol. The monoisotopic (exact) mass is 364 g/mol. The van der Waals surface area contributed by atoms with Gasteiger partial charge in [0.1, 0.15) is 4.83 Å². The lowest BCUT2D eigenvalue weighted by Crippen LogP contribution is -2.39. The van der Waals surface area contributed by atoms with E-state index < -0.39 is 5.56 Å². The topological polar surface area (TPSA) is 79.5 Å². The first-order valence-corrected chi connectivity index (χ1v) is 9.27. The number of thiophene rings is 1. The average molecular weight is 364 g/mol. The number of aryl methyl sites for hydroxylation is 1. The van der Waals surface area contributed by atoms with Gasteiger partial charge in [-0.2, -0.15) is 0 Å². The molecule has 1 atom stereocenters. The molecule has 1 unspecified atom stereocenters. The highest BCUT2D eigenvalue weighted by molar-refractivity contribution is 7.26. The number of aromatic nitrogens is 2. The van der Waals surface area contributed by atoms with Gasteiger partial charge in [-0.1, -0.05) is 0 Å². The van der Waals surface area contributed by atoms with Gasteiger partial charge in [0.2, 0.25) is 0 Å². The Kier molecular flexibility index (Phi) is 5.56. The van der Waals surface area contributed by atoms with E-state index in [1.165, 1.54) is 20.5 Å². The van der Waals surface area contributed by atoms with E-state index in [1.807, 2.05) is 0 Å². The quantitative estimate of drug-likeness (QED) is 0.402. The molecule has 1 aliphatic heterocycles. The molecule has 134 valence electrons. The molecule has 3 rings (SSSR count). The van der Waals surface area contributed by atoms with Gasteiger partial charge in [0, 0.05) is 25.8 Å². The van der Waals surface area contributed by atoms with Gasteiger partial charge in [0.25, 0.3) is 5.56 Å². The molecule has 2 aromatic rings. The number of fused-ring (bicyclic) bond motifs is 1. The highest BCUT2D eigenvalue weighted by atomic mass is 32.1. The number of nitrogens with zero attached hydrogens (tertiary/aromatic N) is 2. The number of ether oxygens (including phenoxy) is 2. The summed E-state index contributed by atoms with van der Waals surface area (Å²) in [6.07, 6.45) is 4.06. The Balaban J connectivity index is 1.80. The fraction of sp³-hybridized carbons (Fsp3) is 0.562. The molecule has 25 heavy (non-hydrogen) atoms. The van der Waals surface area contributed by atoms with Gasteiger partial charge in [0.05, 0.1) is 12.0 Å². The summed E-state index contributed by atoms with van der Waals surface area (Å²) in [5, 5.41) is 0.330. The van der Waals surface area contributed by atoms with Crippen molar-refractivity contribution in [3.05, 3.63) is 26.4 Å². The lowest BCUT2D eigenvalue weighted by atomic mass is 10.0. The zero-order valence-corrected chi connectivity index (χ0v) is 15.3. The van der Waals surface area contributed by atoms with Crippen molar-refractivity contribution in [2.75, 3.05) is 13.2 Å². The molecule has 0 saturated carbocycles. The minimum atomic E-state index is -0.404. The fourth-order valence-corrected chi connectivity index (χ4v) is 4.16. The summed E-state index contributed by atoms with van der Waals surface area (Å²) in [5.74, 6) is 0. The fourth-order valence-electron chi connectivity index (χ4n) is 3.09. The Labute approximate surface area is 149 Å². The summed E-state index contributed by atoms with van der Waals surface area (Å²) in [7, 11) is 3.40. The molecule has 2 aromatic heterocycles. The van der Waals surface area contributed by atoms with Gasteiger partial charge >= 0.3 is 5.69 Å². The number of aldehydes is 1. The Morgan fingerprint density at radius 3 is 2.88 bits per heavy atom. The average Bonchev–Trinajstić information content (AvgIpc) is 2.96. The van der Waals surface area contributed by atoms with Crippen molar-refractivity contribution >= 4 is 40.5 Å². The zero-order chi connectivity index (χ0) is 18.0. The third kappa shape index (κ3) is 3.49. The molecule has 1 saturated heterocycles. The zero-order valence-electron chi connectivity index (χ0n) is 14.4. The standard InChI is InChI=1S/C16H21BN2O5S/c1-18-15-12(10(9-20)13(17)25-15)14(21)19(16(18)22)6-4-8-24-11-5-2-3-7-23-11/h9,11H,2-8,17H2,1H3. The molecule has 0 aliphatic carbocycles. The molecule has 0 aromatic carbocycles. The molecule has 9 heteroatoms. The Morgan fingerprint density at radius 1 is 1.40 bits per heavy atom. The molecular formula is C16H21BN2O5S. The first-order valence-electron chi connectivity index (χ1n) is 8.46. The van der Waals surface area contributed by atoms with Crippen LogP contribution >= 0.6 is 11.3 Å². The smallest absolute Gasteiger partial charge is 0.331 e. The van der Waals surface area contributed by atoms with Crippen LogP contribution in [0.5, 0.6) is 0 Å². The van der Waals surface area contributed by atoms with Crippen molar-refractivity contribution < 1.29 is 14.3 Å². The van der Waals surface area contributed by atoms with E-state index in [1.54, 1.807) is 14.9 Å². The van der Waals surface area contributed by atoms with Gasteiger partial charge < -0.3 is 9.47 Å². The van der Waals surface area contributed by atoms with Crippen LogP contribution in [0.1, 0.15) is 36.0 Å². The SMILES string of the molecule is Bc1sc2c(c1C=O)c(=O)n(CCCOC1CCCCO1)c(=O)n2C. The number of hydrogen-bond donors (Lipinski definition) is 0. The summed E-state index contributed by atoms with van der Waals surface area (Å²) in [6.45, 7) is 1.39. The first kappa shape index (κ1) is 18.1. The van der Waals surface area contributed by atoms with Crippen molar-refractivity contribution in [2.24, 2.45) is 7.05 Å². The van der Waals surface area contributed by atoms with Crippen LogP contribution in [0.2, 0.25) is 0 Å². The lowest BCUT2D eigenvalue weighted by molar-refractivity contribution is -0.163. The van der Waals surface area contributed by atoms with Crippen LogP contribution in [0.3, 0.4) is 0 Å². The summed E-state index contributed by atoms with van der Waals surface area (Å²) in [5.41, 5.74) is -0.398. The van der Waals surface area contributed by atoms with Gasteiger partial charge in [-0.05, 0) is 30.5 Å². The molecule has 1 fully saturated rings. The maximum absolute atomic E-state index is 12.7. The second kappa shape index (κ2) is 7.67. The highest BCUT2D eigenvalue weighted by Crippen LogP contribution is 2.17. The number of carbonyl (C=O) groups is 1. The van der Waals surface area contributed by atoms with Gasteiger partial charge in [0.15, 0.2) is 20.4 Å². The van der Waals surface area contributed by atoms with Crippen molar-refractivity contribution in [3.8, 4) is 0 Å². The lowest BCUT2D eigenvalue weighted by Gasteiger charge is -2.22. The Hall–Kier alpha value is -1.71. The van der Waals surface area contributed by atoms with Gasteiger partial charge in [-0.15, -0.1) is 11.3 Å². The summed E-state index contributed by atoms with van der Waals surface area (Å²) < 4.78 is 14.5. The Morgan fingerprint density at radius 2 is 2.20 bits per heavy atom. The van der Waals surface area contributed by atoms with E-state index in [4.69, 9.17) is 9.47 Å². The predicted octanol–water partition coefficient (Wildman–Crippen LogP) is -0.234. The third-order valence-electron chi connectivity index (χ3n) is 4.48. The van der Waals surface area contributed by atoms with Crippen molar-refractivity contribution in [1.82, 2.24) is 9.13 Å². The third-order valence-corrected chi connectivity index (χ3v) is 5.68. The van der Waals surface area contributed by atoms with Gasteiger partial charge in [-0.3, -0.25) is 18.7 Å². The van der Waals surface area contributed by atoms with E-state index in [0.717, 1.165) is 24.0 Å². The molecular weight excluding hydrogens is 343 g/mol. The molecule has 0 bridgehead atoms. The number of hydrogen-bond acceptors (Lipinski definition) is 6.